The van der Waals surface area contributed by atoms with Gasteiger partial charge >= 0.3 is 0 Å². The van der Waals surface area contributed by atoms with E-state index in [1.54, 1.807) is 0 Å². The summed E-state index contributed by atoms with van der Waals surface area (Å²) in [5.74, 6) is 3.22. The zero-order valence-electron chi connectivity index (χ0n) is 10.2. The summed E-state index contributed by atoms with van der Waals surface area (Å²) in [7, 11) is -0.455. The summed E-state index contributed by atoms with van der Waals surface area (Å²) in [6.07, 6.45) is 0. The fourth-order valence-electron chi connectivity index (χ4n) is 1.57. The fourth-order valence-corrected chi connectivity index (χ4v) is 1.97. The van der Waals surface area contributed by atoms with Gasteiger partial charge in [-0.05, 0) is 23.3 Å². The van der Waals surface area contributed by atoms with Crippen LogP contribution in [-0.4, -0.2) is 8.80 Å². The summed E-state index contributed by atoms with van der Waals surface area (Å²) >= 11 is 0. The number of benzene rings is 2. The molecule has 0 N–H and O–H groups in total. The Morgan fingerprint density at radius 1 is 0.765 bits per heavy atom. The molecule has 2 aromatic rings. The van der Waals surface area contributed by atoms with Crippen molar-refractivity contribution in [3.05, 3.63) is 60.2 Å². The van der Waals surface area contributed by atoms with E-state index in [9.17, 15) is 0 Å². The minimum absolute atomic E-state index is 0.455. The molecule has 83 valence electrons. The highest BCUT2D eigenvalue weighted by Gasteiger charge is 1.95. The van der Waals surface area contributed by atoms with Crippen LogP contribution in [0.25, 0.3) is 11.1 Å². The van der Waals surface area contributed by atoms with Gasteiger partial charge in [-0.1, -0.05) is 61.5 Å². The Labute approximate surface area is 105 Å². The Morgan fingerprint density at radius 2 is 1.35 bits per heavy atom. The minimum atomic E-state index is -0.455. The van der Waals surface area contributed by atoms with Crippen LogP contribution in [0.2, 0.25) is 13.1 Å². The Hall–Kier alpha value is -1.78. The second-order valence-electron chi connectivity index (χ2n) is 4.19. The summed E-state index contributed by atoms with van der Waals surface area (Å²) < 4.78 is 0. The van der Waals surface area contributed by atoms with Crippen LogP contribution in [0.1, 0.15) is 5.56 Å². The fraction of sp³-hybridized carbons (Fsp3) is 0.125. The van der Waals surface area contributed by atoms with Gasteiger partial charge in [0.1, 0.15) is 8.80 Å². The van der Waals surface area contributed by atoms with E-state index in [4.69, 9.17) is 0 Å². The first kappa shape index (κ1) is 11.7. The highest BCUT2D eigenvalue weighted by Crippen LogP contribution is 2.18. The highest BCUT2D eigenvalue weighted by atomic mass is 28.3. The van der Waals surface area contributed by atoms with Gasteiger partial charge in [-0.15, -0.1) is 5.54 Å². The summed E-state index contributed by atoms with van der Waals surface area (Å²) in [5, 5.41) is 0. The van der Waals surface area contributed by atoms with Gasteiger partial charge in [0.15, 0.2) is 0 Å². The Morgan fingerprint density at radius 3 is 1.94 bits per heavy atom. The van der Waals surface area contributed by atoms with Crippen molar-refractivity contribution >= 4 is 8.80 Å². The molecule has 17 heavy (non-hydrogen) atoms. The molecule has 0 unspecified atom stereocenters. The maximum absolute atomic E-state index is 3.27. The largest absolute Gasteiger partial charge is 0.138 e. The third-order valence-corrected chi connectivity index (χ3v) is 3.07. The standard InChI is InChI=1S/C16H15Si/c1-17(2)13-12-14-8-10-16(11-9-14)15-6-4-3-5-7-15/h3-11H,1-2H3. The van der Waals surface area contributed by atoms with E-state index >= 15 is 0 Å². The number of rotatable bonds is 1. The molecule has 0 aliphatic carbocycles. The topological polar surface area (TPSA) is 0 Å². The molecule has 1 heteroatoms. The summed E-state index contributed by atoms with van der Waals surface area (Å²) in [4.78, 5) is 0. The summed E-state index contributed by atoms with van der Waals surface area (Å²) in [6, 6.07) is 18.9. The molecule has 0 atom stereocenters. The van der Waals surface area contributed by atoms with Crippen molar-refractivity contribution in [1.82, 2.24) is 0 Å². The molecule has 0 spiro atoms. The van der Waals surface area contributed by atoms with Crippen molar-refractivity contribution in [1.29, 1.82) is 0 Å². The monoisotopic (exact) mass is 235 g/mol. The normalized spacial score (nSPS) is 9.82. The molecule has 2 aromatic carbocycles. The van der Waals surface area contributed by atoms with E-state index in [1.807, 2.05) is 6.07 Å². The van der Waals surface area contributed by atoms with Gasteiger partial charge in [-0.3, -0.25) is 0 Å². The Kier molecular flexibility index (Phi) is 3.80. The van der Waals surface area contributed by atoms with Gasteiger partial charge in [0.2, 0.25) is 0 Å². The maximum Gasteiger partial charge on any atom is 0.138 e. The van der Waals surface area contributed by atoms with Gasteiger partial charge in [0.05, 0.1) is 0 Å². The van der Waals surface area contributed by atoms with Gasteiger partial charge < -0.3 is 0 Å². The minimum Gasteiger partial charge on any atom is -0.128 e. The smallest absolute Gasteiger partial charge is 0.128 e. The summed E-state index contributed by atoms with van der Waals surface area (Å²) in [6.45, 7) is 4.41. The van der Waals surface area contributed by atoms with Crippen LogP contribution >= 0.6 is 0 Å². The van der Waals surface area contributed by atoms with Gasteiger partial charge in [-0.25, -0.2) is 0 Å². The van der Waals surface area contributed by atoms with Crippen LogP contribution in [0, 0.1) is 11.5 Å². The van der Waals surface area contributed by atoms with E-state index in [2.05, 4.69) is 73.1 Å². The quantitative estimate of drug-likeness (QED) is 0.518. The third-order valence-electron chi connectivity index (χ3n) is 2.45. The van der Waals surface area contributed by atoms with Crippen molar-refractivity contribution < 1.29 is 0 Å². The Bertz CT molecular complexity index is 527. The summed E-state index contributed by atoms with van der Waals surface area (Å²) in [5.41, 5.74) is 6.88. The molecule has 0 nitrogen and oxygen atoms in total. The molecule has 0 heterocycles. The molecular weight excluding hydrogens is 220 g/mol. The van der Waals surface area contributed by atoms with Crippen molar-refractivity contribution in [2.45, 2.75) is 13.1 Å². The second-order valence-corrected chi connectivity index (χ2v) is 6.44. The van der Waals surface area contributed by atoms with Crippen molar-refractivity contribution in [2.75, 3.05) is 0 Å². The molecule has 0 aromatic heterocycles. The lowest BCUT2D eigenvalue weighted by atomic mass is 10.0. The van der Waals surface area contributed by atoms with Crippen LogP contribution in [0.5, 0.6) is 0 Å². The van der Waals surface area contributed by atoms with Gasteiger partial charge in [0, 0.05) is 5.56 Å². The van der Waals surface area contributed by atoms with Crippen molar-refractivity contribution in [3.63, 3.8) is 0 Å². The molecule has 0 amide bonds. The average molecular weight is 235 g/mol. The van der Waals surface area contributed by atoms with Crippen molar-refractivity contribution in [2.24, 2.45) is 0 Å². The van der Waals surface area contributed by atoms with Crippen molar-refractivity contribution in [3.8, 4) is 22.6 Å². The molecule has 1 radical (unpaired) electrons. The predicted molar refractivity (Wildman–Crippen MR) is 76.2 cm³/mol. The zero-order valence-corrected chi connectivity index (χ0v) is 11.2. The maximum atomic E-state index is 3.27. The van der Waals surface area contributed by atoms with Crippen LogP contribution in [0.4, 0.5) is 0 Å². The first-order valence-electron chi connectivity index (χ1n) is 5.73. The number of hydrogen-bond donors (Lipinski definition) is 0. The van der Waals surface area contributed by atoms with E-state index in [0.29, 0.717) is 0 Å². The second kappa shape index (κ2) is 5.52. The molecule has 0 saturated carbocycles. The predicted octanol–water partition coefficient (Wildman–Crippen LogP) is 4.00. The number of hydrogen-bond acceptors (Lipinski definition) is 0. The average Bonchev–Trinajstić information content (AvgIpc) is 2.38. The van der Waals surface area contributed by atoms with Crippen LogP contribution in [-0.2, 0) is 0 Å². The SMILES string of the molecule is C[Si](C)C#Cc1ccc(-c2ccccc2)cc1. The zero-order chi connectivity index (χ0) is 12.1. The van der Waals surface area contributed by atoms with Crippen LogP contribution in [0.15, 0.2) is 54.6 Å². The lowest BCUT2D eigenvalue weighted by Gasteiger charge is -2.00. The van der Waals surface area contributed by atoms with Crippen LogP contribution in [0.3, 0.4) is 0 Å². The van der Waals surface area contributed by atoms with Gasteiger partial charge in [-0.2, -0.15) is 0 Å². The van der Waals surface area contributed by atoms with E-state index in [-0.39, 0.29) is 0 Å². The molecule has 0 bridgehead atoms. The molecular formula is C16H15Si. The molecule has 0 aliphatic heterocycles. The van der Waals surface area contributed by atoms with Crippen LogP contribution < -0.4 is 0 Å². The molecule has 2 rings (SSSR count). The third kappa shape index (κ3) is 3.34. The van der Waals surface area contributed by atoms with E-state index in [1.165, 1.54) is 11.1 Å². The molecule has 0 fully saturated rings. The van der Waals surface area contributed by atoms with Gasteiger partial charge in [0.25, 0.3) is 0 Å². The molecule has 0 saturated heterocycles. The first-order chi connectivity index (χ1) is 8.25. The molecule has 0 aliphatic rings. The van der Waals surface area contributed by atoms with E-state index in [0.717, 1.165) is 5.56 Å². The Balaban J connectivity index is 2.23. The lowest BCUT2D eigenvalue weighted by Crippen LogP contribution is -1.93. The highest BCUT2D eigenvalue weighted by molar-refractivity contribution is 6.64. The van der Waals surface area contributed by atoms with E-state index < -0.39 is 8.80 Å². The lowest BCUT2D eigenvalue weighted by molar-refractivity contribution is 1.59. The first-order valence-corrected chi connectivity index (χ1v) is 8.23.